The number of hydrogen-bond donors (Lipinski definition) is 2. The molecule has 1 saturated heterocycles. The Labute approximate surface area is 178 Å². The molecule has 4 rings (SSSR count). The standard InChI is InChI=1S/C23H29N3O3S/c1-16-6-5-7-19-20(16)24-23(25-21(19)27)12-14-26(15-13-23)30(28,29)18-10-8-17(9-11-18)22(2,3)4/h5-11,24H,12-15H2,1-4H3,(H,25,27). The zero-order valence-corrected chi connectivity index (χ0v) is 18.8. The fraction of sp³-hybridized carbons (Fsp3) is 0.435. The summed E-state index contributed by atoms with van der Waals surface area (Å²) in [4.78, 5) is 13.0. The summed E-state index contributed by atoms with van der Waals surface area (Å²) in [5.74, 6) is -0.110. The fourth-order valence-corrected chi connectivity index (χ4v) is 5.65. The Hall–Kier alpha value is -2.38. The summed E-state index contributed by atoms with van der Waals surface area (Å²) in [6, 6.07) is 12.8. The first-order valence-corrected chi connectivity index (χ1v) is 11.8. The van der Waals surface area contributed by atoms with Crippen LogP contribution in [0, 0.1) is 6.92 Å². The monoisotopic (exact) mass is 427 g/mol. The van der Waals surface area contributed by atoms with E-state index in [0.717, 1.165) is 16.8 Å². The number of benzene rings is 2. The van der Waals surface area contributed by atoms with Crippen molar-refractivity contribution in [3.8, 4) is 0 Å². The number of piperidine rings is 1. The van der Waals surface area contributed by atoms with Gasteiger partial charge in [0.25, 0.3) is 5.91 Å². The number of nitrogens with one attached hydrogen (secondary N) is 2. The average molecular weight is 428 g/mol. The Bertz CT molecular complexity index is 1080. The summed E-state index contributed by atoms with van der Waals surface area (Å²) in [5, 5.41) is 6.57. The van der Waals surface area contributed by atoms with Crippen molar-refractivity contribution in [3.05, 3.63) is 59.2 Å². The van der Waals surface area contributed by atoms with Crippen LogP contribution in [-0.4, -0.2) is 37.4 Å². The van der Waals surface area contributed by atoms with E-state index in [9.17, 15) is 13.2 Å². The number of anilines is 1. The molecule has 0 unspecified atom stereocenters. The molecule has 0 atom stereocenters. The summed E-state index contributed by atoms with van der Waals surface area (Å²) in [6.07, 6.45) is 1.01. The van der Waals surface area contributed by atoms with Gasteiger partial charge in [0.05, 0.1) is 16.1 Å². The van der Waals surface area contributed by atoms with Crippen molar-refractivity contribution >= 4 is 21.6 Å². The molecular formula is C23H29N3O3S. The number of para-hydroxylation sites is 1. The van der Waals surface area contributed by atoms with Crippen molar-refractivity contribution in [1.82, 2.24) is 9.62 Å². The predicted molar refractivity (Wildman–Crippen MR) is 118 cm³/mol. The second-order valence-corrected chi connectivity index (χ2v) is 11.3. The van der Waals surface area contributed by atoms with E-state index in [2.05, 4.69) is 31.4 Å². The predicted octanol–water partition coefficient (Wildman–Crippen LogP) is 3.63. The van der Waals surface area contributed by atoms with Crippen LogP contribution < -0.4 is 10.6 Å². The van der Waals surface area contributed by atoms with Gasteiger partial charge in [-0.05, 0) is 41.7 Å². The Morgan fingerprint density at radius 3 is 2.20 bits per heavy atom. The number of carbonyl (C=O) groups is 1. The molecule has 0 aliphatic carbocycles. The van der Waals surface area contributed by atoms with Gasteiger partial charge in [-0.15, -0.1) is 0 Å². The van der Waals surface area contributed by atoms with E-state index >= 15 is 0 Å². The second kappa shape index (κ2) is 7.10. The van der Waals surface area contributed by atoms with E-state index in [1.165, 1.54) is 4.31 Å². The number of nitrogens with zero attached hydrogens (tertiary/aromatic N) is 1. The lowest BCUT2D eigenvalue weighted by molar-refractivity contribution is 0.0865. The lowest BCUT2D eigenvalue weighted by Gasteiger charge is -2.45. The van der Waals surface area contributed by atoms with Crippen LogP contribution >= 0.6 is 0 Å². The number of rotatable bonds is 2. The van der Waals surface area contributed by atoms with Gasteiger partial charge in [-0.2, -0.15) is 4.31 Å². The first-order valence-electron chi connectivity index (χ1n) is 10.3. The van der Waals surface area contributed by atoms with Crippen molar-refractivity contribution < 1.29 is 13.2 Å². The fourth-order valence-electron chi connectivity index (χ4n) is 4.21. The van der Waals surface area contributed by atoms with Crippen LogP contribution in [0.5, 0.6) is 0 Å². The lowest BCUT2D eigenvalue weighted by Crippen LogP contribution is -2.62. The number of fused-ring (bicyclic) bond motifs is 1. The van der Waals surface area contributed by atoms with E-state index in [0.29, 0.717) is 36.4 Å². The topological polar surface area (TPSA) is 78.5 Å². The van der Waals surface area contributed by atoms with Gasteiger partial charge in [0.2, 0.25) is 10.0 Å². The lowest BCUT2D eigenvalue weighted by atomic mass is 9.87. The molecule has 2 N–H and O–H groups in total. The van der Waals surface area contributed by atoms with Gasteiger partial charge in [0.15, 0.2) is 0 Å². The minimum atomic E-state index is -3.57. The van der Waals surface area contributed by atoms with E-state index in [-0.39, 0.29) is 11.3 Å². The van der Waals surface area contributed by atoms with E-state index < -0.39 is 15.7 Å². The largest absolute Gasteiger partial charge is 0.362 e. The van der Waals surface area contributed by atoms with Crippen molar-refractivity contribution in [2.45, 2.75) is 56.5 Å². The highest BCUT2D eigenvalue weighted by molar-refractivity contribution is 7.89. The SMILES string of the molecule is Cc1cccc2c1NC1(CCN(S(=O)(=O)c3ccc(C(C)(C)C)cc3)CC1)NC2=O. The quantitative estimate of drug-likeness (QED) is 0.767. The third-order valence-electron chi connectivity index (χ3n) is 6.17. The van der Waals surface area contributed by atoms with E-state index in [1.807, 2.05) is 31.2 Å². The van der Waals surface area contributed by atoms with Crippen LogP contribution in [0.1, 0.15) is 55.1 Å². The molecule has 2 aliphatic heterocycles. The molecule has 30 heavy (non-hydrogen) atoms. The maximum atomic E-state index is 13.2. The minimum absolute atomic E-state index is 0.0287. The van der Waals surface area contributed by atoms with Crippen LogP contribution in [0.3, 0.4) is 0 Å². The molecule has 2 heterocycles. The van der Waals surface area contributed by atoms with Crippen molar-refractivity contribution in [1.29, 1.82) is 0 Å². The smallest absolute Gasteiger partial charge is 0.255 e. The maximum Gasteiger partial charge on any atom is 0.255 e. The normalized spacial score (nSPS) is 19.1. The molecule has 1 amide bonds. The van der Waals surface area contributed by atoms with Crippen LogP contribution in [-0.2, 0) is 15.4 Å². The Balaban J connectivity index is 1.52. The summed E-state index contributed by atoms with van der Waals surface area (Å²) in [5.41, 5.74) is 2.94. The third-order valence-corrected chi connectivity index (χ3v) is 8.08. The molecule has 0 aromatic heterocycles. The highest BCUT2D eigenvalue weighted by atomic mass is 32.2. The van der Waals surface area contributed by atoms with Crippen LogP contribution in [0.25, 0.3) is 0 Å². The van der Waals surface area contributed by atoms with Gasteiger partial charge in [0, 0.05) is 25.9 Å². The van der Waals surface area contributed by atoms with E-state index in [1.54, 1.807) is 18.2 Å². The molecule has 2 aliphatic rings. The Morgan fingerprint density at radius 1 is 0.967 bits per heavy atom. The molecular weight excluding hydrogens is 398 g/mol. The summed E-state index contributed by atoms with van der Waals surface area (Å²) >= 11 is 0. The Kier molecular flexibility index (Phi) is 4.94. The molecule has 2 aromatic carbocycles. The molecule has 6 nitrogen and oxygen atoms in total. The summed E-state index contributed by atoms with van der Waals surface area (Å²) < 4.78 is 27.8. The van der Waals surface area contributed by atoms with Crippen molar-refractivity contribution in [3.63, 3.8) is 0 Å². The molecule has 0 radical (unpaired) electrons. The second-order valence-electron chi connectivity index (χ2n) is 9.34. The van der Waals surface area contributed by atoms with Gasteiger partial charge in [-0.25, -0.2) is 8.42 Å². The molecule has 160 valence electrons. The maximum absolute atomic E-state index is 13.2. The zero-order chi connectivity index (χ0) is 21.7. The first-order chi connectivity index (χ1) is 14.0. The summed E-state index contributed by atoms with van der Waals surface area (Å²) in [6.45, 7) is 8.97. The van der Waals surface area contributed by atoms with Gasteiger partial charge < -0.3 is 10.6 Å². The van der Waals surface area contributed by atoms with Crippen molar-refractivity contribution in [2.75, 3.05) is 18.4 Å². The number of aryl methyl sites for hydroxylation is 1. The minimum Gasteiger partial charge on any atom is -0.362 e. The molecule has 7 heteroatoms. The van der Waals surface area contributed by atoms with Gasteiger partial charge >= 0.3 is 0 Å². The average Bonchev–Trinajstić information content (AvgIpc) is 2.69. The molecule has 1 spiro atoms. The first kappa shape index (κ1) is 20.9. The highest BCUT2D eigenvalue weighted by Crippen LogP contribution is 2.35. The summed E-state index contributed by atoms with van der Waals surface area (Å²) in [7, 11) is -3.57. The molecule has 1 fully saturated rings. The van der Waals surface area contributed by atoms with E-state index in [4.69, 9.17) is 0 Å². The highest BCUT2D eigenvalue weighted by Gasteiger charge is 2.43. The van der Waals surface area contributed by atoms with Gasteiger partial charge in [-0.1, -0.05) is 45.0 Å². The van der Waals surface area contributed by atoms with Gasteiger partial charge in [-0.3, -0.25) is 4.79 Å². The number of hydrogen-bond acceptors (Lipinski definition) is 4. The van der Waals surface area contributed by atoms with Gasteiger partial charge in [0.1, 0.15) is 5.66 Å². The molecule has 2 aromatic rings. The Morgan fingerprint density at radius 2 is 1.60 bits per heavy atom. The number of amides is 1. The number of carbonyl (C=O) groups excluding carboxylic acids is 1. The van der Waals surface area contributed by atoms with Crippen LogP contribution in [0.4, 0.5) is 5.69 Å². The third kappa shape index (κ3) is 3.61. The van der Waals surface area contributed by atoms with Crippen LogP contribution in [0.2, 0.25) is 0 Å². The molecule has 0 bridgehead atoms. The molecule has 0 saturated carbocycles. The van der Waals surface area contributed by atoms with Crippen LogP contribution in [0.15, 0.2) is 47.4 Å². The number of sulfonamides is 1. The zero-order valence-electron chi connectivity index (χ0n) is 18.0. The van der Waals surface area contributed by atoms with Crippen molar-refractivity contribution in [2.24, 2.45) is 0 Å².